The topological polar surface area (TPSA) is 57.0 Å². The average molecular weight is 434 g/mol. The van der Waals surface area contributed by atoms with Crippen molar-refractivity contribution < 1.29 is 13.9 Å². The van der Waals surface area contributed by atoms with Gasteiger partial charge in [-0.2, -0.15) is 0 Å². The minimum atomic E-state index is -0.309. The van der Waals surface area contributed by atoms with Crippen molar-refractivity contribution in [2.45, 2.75) is 11.7 Å². The molecule has 4 rings (SSSR count). The first-order chi connectivity index (χ1) is 15.1. The second-order valence-corrected chi connectivity index (χ2v) is 7.77. The van der Waals surface area contributed by atoms with Crippen molar-refractivity contribution >= 4 is 17.5 Å². The van der Waals surface area contributed by atoms with Gasteiger partial charge in [-0.05, 0) is 42.0 Å². The van der Waals surface area contributed by atoms with Crippen LogP contribution in [0.3, 0.4) is 0 Å². The zero-order valence-electron chi connectivity index (χ0n) is 16.9. The number of hydrogen-bond donors (Lipinski definition) is 0. The molecule has 0 saturated carbocycles. The van der Waals surface area contributed by atoms with E-state index in [0.29, 0.717) is 28.8 Å². The van der Waals surface area contributed by atoms with Crippen LogP contribution in [0.2, 0.25) is 0 Å². The van der Waals surface area contributed by atoms with Crippen molar-refractivity contribution in [2.75, 3.05) is 12.9 Å². The number of benzene rings is 3. The van der Waals surface area contributed by atoms with Gasteiger partial charge >= 0.3 is 0 Å². The summed E-state index contributed by atoms with van der Waals surface area (Å²) in [5, 5.41) is 9.27. The second-order valence-electron chi connectivity index (χ2n) is 6.83. The molecule has 0 fully saturated rings. The Morgan fingerprint density at radius 3 is 2.52 bits per heavy atom. The number of ketones is 1. The van der Waals surface area contributed by atoms with Crippen LogP contribution in [0.15, 0.2) is 84.0 Å². The van der Waals surface area contributed by atoms with Gasteiger partial charge in [0.2, 0.25) is 0 Å². The number of thioether (sulfide) groups is 1. The third-order valence-corrected chi connectivity index (χ3v) is 5.69. The number of Topliss-reactive ketones (excluding diaryl/α,β-unsaturated/α-hetero) is 1. The Balaban J connectivity index is 1.60. The predicted octanol–water partition coefficient (Wildman–Crippen LogP) is 5.12. The minimum absolute atomic E-state index is 0.0264. The fraction of sp³-hybridized carbons (Fsp3) is 0.125. The van der Waals surface area contributed by atoms with E-state index in [1.807, 2.05) is 34.9 Å². The second kappa shape index (κ2) is 9.57. The molecule has 31 heavy (non-hydrogen) atoms. The monoisotopic (exact) mass is 433 g/mol. The molecule has 0 amide bonds. The highest BCUT2D eigenvalue weighted by Crippen LogP contribution is 2.26. The normalized spacial score (nSPS) is 10.8. The Morgan fingerprint density at radius 1 is 1.00 bits per heavy atom. The van der Waals surface area contributed by atoms with Gasteiger partial charge in [-0.25, -0.2) is 4.39 Å². The van der Waals surface area contributed by atoms with Gasteiger partial charge in [0.05, 0.1) is 19.4 Å². The Morgan fingerprint density at radius 2 is 1.77 bits per heavy atom. The van der Waals surface area contributed by atoms with E-state index < -0.39 is 0 Å². The van der Waals surface area contributed by atoms with Crippen LogP contribution in [-0.4, -0.2) is 33.4 Å². The third kappa shape index (κ3) is 5.00. The van der Waals surface area contributed by atoms with Gasteiger partial charge in [0, 0.05) is 11.1 Å². The quantitative estimate of drug-likeness (QED) is 0.285. The summed E-state index contributed by atoms with van der Waals surface area (Å²) >= 11 is 1.33. The van der Waals surface area contributed by atoms with Gasteiger partial charge in [-0.15, -0.1) is 10.2 Å². The summed E-state index contributed by atoms with van der Waals surface area (Å²) in [6, 6.07) is 23.2. The number of hydrogen-bond acceptors (Lipinski definition) is 5. The van der Waals surface area contributed by atoms with E-state index in [4.69, 9.17) is 4.74 Å². The van der Waals surface area contributed by atoms with Crippen LogP contribution >= 0.6 is 11.8 Å². The van der Waals surface area contributed by atoms with Crippen molar-refractivity contribution in [3.8, 4) is 17.1 Å². The first-order valence-corrected chi connectivity index (χ1v) is 10.7. The summed E-state index contributed by atoms with van der Waals surface area (Å²) in [5.41, 5.74) is 2.42. The standard InChI is InChI=1S/C24H20FN3O2S/c1-30-21-9-5-8-19(14-21)22(29)16-31-24-27-26-23(18-10-12-20(25)13-11-18)28(24)15-17-6-3-2-4-7-17/h2-14H,15-16H2,1H3. The zero-order valence-corrected chi connectivity index (χ0v) is 17.7. The van der Waals surface area contributed by atoms with Crippen molar-refractivity contribution in [3.63, 3.8) is 0 Å². The lowest BCUT2D eigenvalue weighted by Gasteiger charge is -2.10. The summed E-state index contributed by atoms with van der Waals surface area (Å²) in [4.78, 5) is 12.7. The van der Waals surface area contributed by atoms with E-state index in [0.717, 1.165) is 11.1 Å². The van der Waals surface area contributed by atoms with E-state index in [1.165, 1.54) is 23.9 Å². The Labute approximate surface area is 183 Å². The molecule has 0 spiro atoms. The zero-order chi connectivity index (χ0) is 21.6. The van der Waals surface area contributed by atoms with E-state index >= 15 is 0 Å². The molecule has 4 aromatic rings. The average Bonchev–Trinajstić information content (AvgIpc) is 3.21. The van der Waals surface area contributed by atoms with Gasteiger partial charge < -0.3 is 4.74 Å². The maximum Gasteiger partial charge on any atom is 0.192 e. The lowest BCUT2D eigenvalue weighted by molar-refractivity contribution is 0.102. The summed E-state index contributed by atoms with van der Waals surface area (Å²) in [5.74, 6) is 1.14. The van der Waals surface area contributed by atoms with Crippen LogP contribution in [0.5, 0.6) is 5.75 Å². The Bertz CT molecular complexity index is 1180. The highest BCUT2D eigenvalue weighted by molar-refractivity contribution is 7.99. The predicted molar refractivity (Wildman–Crippen MR) is 119 cm³/mol. The van der Waals surface area contributed by atoms with Crippen molar-refractivity contribution in [1.29, 1.82) is 0 Å². The van der Waals surface area contributed by atoms with Crippen LogP contribution in [0.4, 0.5) is 4.39 Å². The highest BCUT2D eigenvalue weighted by atomic mass is 32.2. The summed E-state index contributed by atoms with van der Waals surface area (Å²) < 4.78 is 20.5. The largest absolute Gasteiger partial charge is 0.497 e. The van der Waals surface area contributed by atoms with Crippen LogP contribution < -0.4 is 4.74 Å². The van der Waals surface area contributed by atoms with Crippen LogP contribution in [0.25, 0.3) is 11.4 Å². The van der Waals surface area contributed by atoms with Crippen molar-refractivity contribution in [2.24, 2.45) is 0 Å². The molecular formula is C24H20FN3O2S. The maximum absolute atomic E-state index is 13.4. The van der Waals surface area contributed by atoms with Gasteiger partial charge in [0.25, 0.3) is 0 Å². The smallest absolute Gasteiger partial charge is 0.192 e. The molecule has 0 bridgehead atoms. The highest BCUT2D eigenvalue weighted by Gasteiger charge is 2.17. The molecule has 0 radical (unpaired) electrons. The molecule has 1 aromatic heterocycles. The number of carbonyl (C=O) groups is 1. The first kappa shape index (κ1) is 20.8. The number of carbonyl (C=O) groups excluding carboxylic acids is 1. The summed E-state index contributed by atoms with van der Waals surface area (Å²) in [7, 11) is 1.57. The summed E-state index contributed by atoms with van der Waals surface area (Å²) in [6.07, 6.45) is 0. The molecular weight excluding hydrogens is 413 g/mol. The van der Waals surface area contributed by atoms with Gasteiger partial charge in [-0.1, -0.05) is 54.2 Å². The number of nitrogens with zero attached hydrogens (tertiary/aromatic N) is 3. The number of rotatable bonds is 8. The molecule has 3 aromatic carbocycles. The van der Waals surface area contributed by atoms with E-state index in [-0.39, 0.29) is 17.4 Å². The molecule has 0 atom stereocenters. The van der Waals surface area contributed by atoms with Crippen LogP contribution in [0.1, 0.15) is 15.9 Å². The maximum atomic E-state index is 13.4. The third-order valence-electron chi connectivity index (χ3n) is 4.73. The Hall–Kier alpha value is -3.45. The molecule has 7 heteroatoms. The van der Waals surface area contributed by atoms with Gasteiger partial charge in [0.1, 0.15) is 11.6 Å². The molecule has 156 valence electrons. The van der Waals surface area contributed by atoms with Crippen molar-refractivity contribution in [3.05, 3.63) is 95.8 Å². The molecule has 5 nitrogen and oxygen atoms in total. The SMILES string of the molecule is COc1cccc(C(=O)CSc2nnc(-c3ccc(F)cc3)n2Cc2ccccc2)c1. The van der Waals surface area contributed by atoms with E-state index in [1.54, 1.807) is 43.5 Å². The Kier molecular flexibility index (Phi) is 6.43. The first-order valence-electron chi connectivity index (χ1n) is 9.67. The van der Waals surface area contributed by atoms with E-state index in [9.17, 15) is 9.18 Å². The van der Waals surface area contributed by atoms with Crippen LogP contribution in [-0.2, 0) is 6.54 Å². The molecule has 1 heterocycles. The van der Waals surface area contributed by atoms with Crippen molar-refractivity contribution in [1.82, 2.24) is 14.8 Å². The minimum Gasteiger partial charge on any atom is -0.497 e. The number of halogens is 1. The molecule has 0 unspecified atom stereocenters. The summed E-state index contributed by atoms with van der Waals surface area (Å²) in [6.45, 7) is 0.538. The molecule has 0 aliphatic rings. The lowest BCUT2D eigenvalue weighted by atomic mass is 10.1. The molecule has 0 saturated heterocycles. The molecule has 0 N–H and O–H groups in total. The van der Waals surface area contributed by atoms with E-state index in [2.05, 4.69) is 10.2 Å². The molecule has 0 aliphatic carbocycles. The fourth-order valence-corrected chi connectivity index (χ4v) is 3.96. The van der Waals surface area contributed by atoms with Crippen LogP contribution in [0, 0.1) is 5.82 Å². The number of methoxy groups -OCH3 is 1. The fourth-order valence-electron chi connectivity index (χ4n) is 3.13. The van der Waals surface area contributed by atoms with Gasteiger partial charge in [0.15, 0.2) is 16.8 Å². The lowest BCUT2D eigenvalue weighted by Crippen LogP contribution is -2.07. The molecule has 0 aliphatic heterocycles. The number of aromatic nitrogens is 3. The number of ether oxygens (including phenoxy) is 1. The van der Waals surface area contributed by atoms with Gasteiger partial charge in [-0.3, -0.25) is 9.36 Å².